The van der Waals surface area contributed by atoms with E-state index in [0.29, 0.717) is 22.0 Å². The van der Waals surface area contributed by atoms with E-state index in [9.17, 15) is 29.4 Å². The van der Waals surface area contributed by atoms with Gasteiger partial charge < -0.3 is 21.3 Å². The van der Waals surface area contributed by atoms with Gasteiger partial charge in [0.1, 0.15) is 17.1 Å². The number of amides is 3. The van der Waals surface area contributed by atoms with E-state index in [-0.39, 0.29) is 24.4 Å². The van der Waals surface area contributed by atoms with Crippen LogP contribution in [0, 0.1) is 0 Å². The number of benzene rings is 1. The van der Waals surface area contributed by atoms with Crippen molar-refractivity contribution in [3.8, 4) is 0 Å². The van der Waals surface area contributed by atoms with Crippen molar-refractivity contribution in [3.63, 3.8) is 0 Å². The molecule has 2 aromatic rings. The van der Waals surface area contributed by atoms with Crippen LogP contribution in [0.1, 0.15) is 18.1 Å². The van der Waals surface area contributed by atoms with E-state index in [1.54, 1.807) is 30.3 Å². The Hall–Kier alpha value is -3.43. The fourth-order valence-corrected chi connectivity index (χ4v) is 6.01. The third kappa shape index (κ3) is 5.16. The second-order valence-corrected chi connectivity index (χ2v) is 9.70. The molecule has 15 heteroatoms. The molecular formula is C20H21N7O6S2. The lowest BCUT2D eigenvalue weighted by atomic mass is 10.0. The number of aliphatic hydroxyl groups excluding tert-OH is 1. The quantitative estimate of drug-likeness (QED) is 0.225. The highest BCUT2D eigenvalue weighted by molar-refractivity contribution is 8.01. The lowest BCUT2D eigenvalue weighted by Gasteiger charge is -2.49. The van der Waals surface area contributed by atoms with Gasteiger partial charge in [-0.2, -0.15) is 0 Å². The van der Waals surface area contributed by atoms with Crippen LogP contribution in [0.5, 0.6) is 0 Å². The van der Waals surface area contributed by atoms with Gasteiger partial charge in [0, 0.05) is 17.9 Å². The average Bonchev–Trinajstić information content (AvgIpc) is 3.31. The van der Waals surface area contributed by atoms with Crippen molar-refractivity contribution in [2.75, 3.05) is 11.5 Å². The van der Waals surface area contributed by atoms with Crippen LogP contribution in [-0.2, 0) is 25.7 Å². The van der Waals surface area contributed by atoms with Gasteiger partial charge in [-0.05, 0) is 21.6 Å². The predicted octanol–water partition coefficient (Wildman–Crippen LogP) is -0.887. The number of nitrogens with two attached hydrogens (primary N) is 1. The van der Waals surface area contributed by atoms with Gasteiger partial charge in [0.15, 0.2) is 6.10 Å². The van der Waals surface area contributed by atoms with Crippen molar-refractivity contribution in [3.05, 3.63) is 47.2 Å². The zero-order valence-electron chi connectivity index (χ0n) is 18.1. The lowest BCUT2D eigenvalue weighted by Crippen LogP contribution is -2.70. The Bertz CT molecular complexity index is 1190. The lowest BCUT2D eigenvalue weighted by molar-refractivity contribution is -0.151. The van der Waals surface area contributed by atoms with Crippen molar-refractivity contribution in [2.45, 2.75) is 35.6 Å². The highest BCUT2D eigenvalue weighted by Gasteiger charge is 2.54. The van der Waals surface area contributed by atoms with E-state index in [1.165, 1.54) is 28.2 Å². The molecule has 0 bridgehead atoms. The highest BCUT2D eigenvalue weighted by atomic mass is 32.2. The summed E-state index contributed by atoms with van der Waals surface area (Å²) in [5.41, 5.74) is 5.89. The minimum atomic E-state index is -1.45. The zero-order valence-corrected chi connectivity index (χ0v) is 19.7. The highest BCUT2D eigenvalue weighted by Crippen LogP contribution is 2.41. The largest absolute Gasteiger partial charge is 0.477 e. The van der Waals surface area contributed by atoms with Crippen LogP contribution < -0.4 is 11.1 Å². The summed E-state index contributed by atoms with van der Waals surface area (Å²) in [6, 6.07) is 7.34. The third-order valence-corrected chi connectivity index (χ3v) is 7.74. The average molecular weight is 520 g/mol. The molecule has 4 rings (SSSR count). The third-order valence-electron chi connectivity index (χ3n) is 5.36. The number of aromatic nitrogens is 4. The molecule has 0 saturated carbocycles. The Labute approximate surface area is 207 Å². The van der Waals surface area contributed by atoms with Gasteiger partial charge in [0.25, 0.3) is 11.8 Å². The molecular weight excluding hydrogens is 498 g/mol. The molecule has 35 heavy (non-hydrogen) atoms. The second-order valence-electron chi connectivity index (χ2n) is 7.66. The van der Waals surface area contributed by atoms with Gasteiger partial charge in [0.2, 0.25) is 11.1 Å². The summed E-state index contributed by atoms with van der Waals surface area (Å²) in [6.45, 7) is 0.188. The van der Waals surface area contributed by atoms with Gasteiger partial charge in [-0.1, -0.05) is 42.1 Å². The van der Waals surface area contributed by atoms with E-state index in [2.05, 4.69) is 20.8 Å². The monoisotopic (exact) mass is 519 g/mol. The van der Waals surface area contributed by atoms with Gasteiger partial charge >= 0.3 is 5.97 Å². The standard InChI is InChI=1S/C20H21N7O6S2/c21-12(28)6-7-26-20(23-24-25-26)35-9-11-8-34-18-13(17(31)27(18)14(11)19(32)33)22-16(30)15(29)10-4-2-1-3-5-10/h1-5,13,15,18,29H,6-9H2,(H2,21,28)(H,22,30)(H,32,33)/t13?,15-,18-/m1/s1. The summed E-state index contributed by atoms with van der Waals surface area (Å²) in [5.74, 6) is -2.56. The number of carboxylic acid groups (broad SMARTS) is 1. The number of aliphatic hydroxyl groups is 1. The summed E-state index contributed by atoms with van der Waals surface area (Å²) in [7, 11) is 0. The number of aryl methyl sites for hydroxylation is 1. The number of hydrogen-bond acceptors (Lipinski definition) is 10. The molecule has 1 aromatic heterocycles. The Kier molecular flexibility index (Phi) is 7.37. The van der Waals surface area contributed by atoms with Crippen molar-refractivity contribution in [1.29, 1.82) is 0 Å². The number of nitrogens with one attached hydrogen (secondary N) is 1. The molecule has 2 aliphatic heterocycles. The molecule has 1 unspecified atom stereocenters. The summed E-state index contributed by atoms with van der Waals surface area (Å²) < 4.78 is 1.40. The number of fused-ring (bicyclic) bond motifs is 1. The van der Waals surface area contributed by atoms with Crippen molar-refractivity contribution < 1.29 is 29.4 Å². The maximum Gasteiger partial charge on any atom is 0.352 e. The normalized spacial score (nSPS) is 20.1. The SMILES string of the molecule is NC(=O)CCn1nnnc1SCC1=C(C(=O)O)N2C(=O)C(NC(=O)[C@H](O)c3ccccc3)[C@H]2SC1. The number of β-lactam (4-membered cyclic amide) rings is 1. The first-order valence-electron chi connectivity index (χ1n) is 10.4. The number of carbonyl (C=O) groups excluding carboxylic acids is 3. The summed E-state index contributed by atoms with van der Waals surface area (Å²) in [5, 5.41) is 33.7. The molecule has 3 amide bonds. The molecule has 1 fully saturated rings. The van der Waals surface area contributed by atoms with E-state index in [4.69, 9.17) is 5.73 Å². The molecule has 0 spiro atoms. The number of thioether (sulfide) groups is 2. The zero-order chi connectivity index (χ0) is 25.1. The van der Waals surface area contributed by atoms with Gasteiger partial charge in [-0.3, -0.25) is 19.3 Å². The molecule has 3 heterocycles. The smallest absolute Gasteiger partial charge is 0.352 e. The Morgan fingerprint density at radius 3 is 2.71 bits per heavy atom. The van der Waals surface area contributed by atoms with E-state index in [1.807, 2.05) is 0 Å². The maximum atomic E-state index is 12.8. The molecule has 5 N–H and O–H groups in total. The maximum absolute atomic E-state index is 12.8. The first kappa shape index (κ1) is 24.7. The molecule has 0 aliphatic carbocycles. The Balaban J connectivity index is 1.43. The van der Waals surface area contributed by atoms with Crippen LogP contribution in [0.2, 0.25) is 0 Å². The van der Waals surface area contributed by atoms with Crippen molar-refractivity contribution in [1.82, 2.24) is 30.4 Å². The minimum absolute atomic E-state index is 0.0492. The molecule has 1 aromatic carbocycles. The number of carbonyl (C=O) groups is 4. The number of primary amides is 1. The number of aliphatic carboxylic acids is 1. The predicted molar refractivity (Wildman–Crippen MR) is 123 cm³/mol. The van der Waals surface area contributed by atoms with Crippen molar-refractivity contribution in [2.24, 2.45) is 5.73 Å². The summed E-state index contributed by atoms with van der Waals surface area (Å²) >= 11 is 2.49. The van der Waals surface area contributed by atoms with Crippen LogP contribution >= 0.6 is 23.5 Å². The van der Waals surface area contributed by atoms with Crippen LogP contribution in [0.25, 0.3) is 0 Å². The number of carboxylic acids is 1. The summed E-state index contributed by atoms with van der Waals surface area (Å²) in [6.07, 6.45) is -1.40. The number of nitrogens with zero attached hydrogens (tertiary/aromatic N) is 5. The van der Waals surface area contributed by atoms with Gasteiger partial charge in [0.05, 0.1) is 6.54 Å². The topological polar surface area (TPSA) is 194 Å². The van der Waals surface area contributed by atoms with Crippen LogP contribution in [0.4, 0.5) is 0 Å². The van der Waals surface area contributed by atoms with E-state index in [0.717, 1.165) is 4.90 Å². The molecule has 3 atom stereocenters. The fraction of sp³-hybridized carbons (Fsp3) is 0.350. The van der Waals surface area contributed by atoms with Gasteiger partial charge in [-0.15, -0.1) is 16.9 Å². The molecule has 0 radical (unpaired) electrons. The molecule has 184 valence electrons. The molecule has 13 nitrogen and oxygen atoms in total. The fourth-order valence-electron chi connectivity index (χ4n) is 3.62. The van der Waals surface area contributed by atoms with Crippen LogP contribution in [-0.4, -0.2) is 81.9 Å². The number of rotatable bonds is 10. The van der Waals surface area contributed by atoms with Crippen molar-refractivity contribution >= 4 is 47.2 Å². The molecule has 2 aliphatic rings. The first-order chi connectivity index (χ1) is 16.8. The Morgan fingerprint density at radius 2 is 2.03 bits per heavy atom. The van der Waals surface area contributed by atoms with E-state index < -0.39 is 41.2 Å². The second kappa shape index (κ2) is 10.5. The van der Waals surface area contributed by atoms with Crippen LogP contribution in [0.15, 0.2) is 46.8 Å². The molecule has 1 saturated heterocycles. The van der Waals surface area contributed by atoms with Crippen LogP contribution in [0.3, 0.4) is 0 Å². The number of tetrazole rings is 1. The minimum Gasteiger partial charge on any atom is -0.477 e. The number of hydrogen-bond donors (Lipinski definition) is 4. The summed E-state index contributed by atoms with van der Waals surface area (Å²) in [4.78, 5) is 49.5. The van der Waals surface area contributed by atoms with Gasteiger partial charge in [-0.25, -0.2) is 9.48 Å². The van der Waals surface area contributed by atoms with E-state index >= 15 is 0 Å². The Morgan fingerprint density at radius 1 is 1.29 bits per heavy atom. The first-order valence-corrected chi connectivity index (χ1v) is 12.4.